The zero-order chi connectivity index (χ0) is 17.9. The maximum absolute atomic E-state index is 6.36. The molecule has 5 heteroatoms. The first-order chi connectivity index (χ1) is 12.7. The number of H-pyrrole nitrogens is 1. The van der Waals surface area contributed by atoms with Crippen molar-refractivity contribution in [2.45, 2.75) is 51.3 Å². The predicted molar refractivity (Wildman–Crippen MR) is 106 cm³/mol. The molecule has 1 heterocycles. The summed E-state index contributed by atoms with van der Waals surface area (Å²) in [6, 6.07) is 12.6. The topological polar surface area (TPSA) is 49.9 Å². The van der Waals surface area contributed by atoms with E-state index >= 15 is 0 Å². The molecule has 1 aromatic heterocycles. The minimum atomic E-state index is 0.259. The number of rotatable bonds is 5. The maximum Gasteiger partial charge on any atom is 0.123 e. The number of aromatic nitrogens is 2. The van der Waals surface area contributed by atoms with Crippen molar-refractivity contribution < 1.29 is 4.74 Å². The Kier molecular flexibility index (Phi) is 5.14. The molecule has 0 bridgehead atoms. The largest absolute Gasteiger partial charge is 0.490 e. The van der Waals surface area contributed by atoms with Gasteiger partial charge in [-0.3, -0.25) is 5.10 Å². The van der Waals surface area contributed by atoms with E-state index in [1.807, 2.05) is 24.4 Å². The molecule has 1 saturated carbocycles. The van der Waals surface area contributed by atoms with Gasteiger partial charge < -0.3 is 10.1 Å². The molecule has 26 heavy (non-hydrogen) atoms. The normalized spacial score (nSPS) is 20.4. The first kappa shape index (κ1) is 17.4. The molecule has 0 saturated heterocycles. The van der Waals surface area contributed by atoms with Crippen LogP contribution in [0.15, 0.2) is 42.6 Å². The summed E-state index contributed by atoms with van der Waals surface area (Å²) in [7, 11) is 0. The van der Waals surface area contributed by atoms with Gasteiger partial charge in [0.15, 0.2) is 0 Å². The third-order valence-electron chi connectivity index (χ3n) is 5.27. The molecule has 0 spiro atoms. The molecule has 2 N–H and O–H groups in total. The maximum atomic E-state index is 6.36. The van der Waals surface area contributed by atoms with Gasteiger partial charge in [0.05, 0.1) is 11.7 Å². The molecule has 1 aliphatic carbocycles. The van der Waals surface area contributed by atoms with Gasteiger partial charge in [-0.2, -0.15) is 5.10 Å². The Hall–Kier alpha value is -2.04. The van der Waals surface area contributed by atoms with Gasteiger partial charge in [0.25, 0.3) is 0 Å². The Morgan fingerprint density at radius 2 is 2.04 bits per heavy atom. The highest BCUT2D eigenvalue weighted by atomic mass is 35.5. The van der Waals surface area contributed by atoms with E-state index in [1.54, 1.807) is 0 Å². The zero-order valence-corrected chi connectivity index (χ0v) is 15.7. The van der Waals surface area contributed by atoms with Gasteiger partial charge in [0.2, 0.25) is 0 Å². The smallest absolute Gasteiger partial charge is 0.123 e. The Labute approximate surface area is 158 Å². The number of nitrogens with zero attached hydrogens (tertiary/aromatic N) is 1. The molecule has 1 aliphatic rings. The zero-order valence-electron chi connectivity index (χ0n) is 15.0. The average Bonchev–Trinajstić information content (AvgIpc) is 3.14. The van der Waals surface area contributed by atoms with Crippen LogP contribution in [0.3, 0.4) is 0 Å². The van der Waals surface area contributed by atoms with Crippen molar-refractivity contribution in [2.75, 3.05) is 0 Å². The number of nitrogens with one attached hydrogen (secondary N) is 2. The molecule has 136 valence electrons. The SMILES string of the molecule is Cc1c(O[C@H]2CCC[C@@H](NCc3ccc(Cl)cc3)C2)ccc2[nH]ncc12. The van der Waals surface area contributed by atoms with Crippen LogP contribution < -0.4 is 10.1 Å². The van der Waals surface area contributed by atoms with Crippen LogP contribution in [0.4, 0.5) is 0 Å². The van der Waals surface area contributed by atoms with E-state index in [4.69, 9.17) is 16.3 Å². The number of benzene rings is 2. The molecule has 1 fully saturated rings. The van der Waals surface area contributed by atoms with Gasteiger partial charge in [-0.25, -0.2) is 0 Å². The Morgan fingerprint density at radius 1 is 1.19 bits per heavy atom. The van der Waals surface area contributed by atoms with E-state index in [0.717, 1.165) is 46.6 Å². The highest BCUT2D eigenvalue weighted by Crippen LogP contribution is 2.30. The van der Waals surface area contributed by atoms with Crippen LogP contribution in [0.25, 0.3) is 10.9 Å². The van der Waals surface area contributed by atoms with Gasteiger partial charge in [-0.05, 0) is 62.4 Å². The molecule has 3 aromatic rings. The van der Waals surface area contributed by atoms with Crippen LogP contribution in [-0.4, -0.2) is 22.3 Å². The van der Waals surface area contributed by atoms with Crippen LogP contribution in [0.5, 0.6) is 5.75 Å². The van der Waals surface area contributed by atoms with Crippen LogP contribution in [-0.2, 0) is 6.54 Å². The molecule has 2 atom stereocenters. The number of hydrogen-bond donors (Lipinski definition) is 2. The third-order valence-corrected chi connectivity index (χ3v) is 5.52. The van der Waals surface area contributed by atoms with Crippen LogP contribution in [0.2, 0.25) is 5.02 Å². The van der Waals surface area contributed by atoms with Crippen molar-refractivity contribution in [1.82, 2.24) is 15.5 Å². The van der Waals surface area contributed by atoms with Crippen molar-refractivity contribution in [1.29, 1.82) is 0 Å². The van der Waals surface area contributed by atoms with Crippen molar-refractivity contribution in [3.05, 3.63) is 58.7 Å². The number of ether oxygens (including phenoxy) is 1. The second kappa shape index (κ2) is 7.68. The lowest BCUT2D eigenvalue weighted by Gasteiger charge is -2.31. The first-order valence-electron chi connectivity index (χ1n) is 9.26. The fourth-order valence-corrected chi connectivity index (χ4v) is 3.87. The molecule has 4 rings (SSSR count). The van der Waals surface area contributed by atoms with E-state index < -0.39 is 0 Å². The minimum absolute atomic E-state index is 0.259. The van der Waals surface area contributed by atoms with Gasteiger partial charge in [-0.1, -0.05) is 23.7 Å². The van der Waals surface area contributed by atoms with Crippen molar-refractivity contribution in [3.8, 4) is 5.75 Å². The number of aromatic amines is 1. The number of fused-ring (bicyclic) bond motifs is 1. The van der Waals surface area contributed by atoms with Crippen molar-refractivity contribution in [2.24, 2.45) is 0 Å². The monoisotopic (exact) mass is 369 g/mol. The fraction of sp³-hybridized carbons (Fsp3) is 0.381. The molecule has 4 nitrogen and oxygen atoms in total. The summed E-state index contributed by atoms with van der Waals surface area (Å²) < 4.78 is 6.36. The van der Waals surface area contributed by atoms with Gasteiger partial charge in [-0.15, -0.1) is 0 Å². The second-order valence-electron chi connectivity index (χ2n) is 7.13. The van der Waals surface area contributed by atoms with Crippen LogP contribution >= 0.6 is 11.6 Å². The molecule has 0 aliphatic heterocycles. The molecule has 0 amide bonds. The lowest BCUT2D eigenvalue weighted by molar-refractivity contribution is 0.133. The molecular formula is C21H24ClN3O. The Balaban J connectivity index is 1.36. The summed E-state index contributed by atoms with van der Waals surface area (Å²) in [4.78, 5) is 0. The average molecular weight is 370 g/mol. The van der Waals surface area contributed by atoms with Crippen LogP contribution in [0, 0.1) is 6.92 Å². The van der Waals surface area contributed by atoms with E-state index in [-0.39, 0.29) is 6.10 Å². The lowest BCUT2D eigenvalue weighted by Crippen LogP contribution is -2.37. The summed E-state index contributed by atoms with van der Waals surface area (Å²) in [6.07, 6.45) is 6.67. The van der Waals surface area contributed by atoms with E-state index in [9.17, 15) is 0 Å². The summed E-state index contributed by atoms with van der Waals surface area (Å²) in [5, 5.41) is 12.7. The number of halogens is 1. The lowest BCUT2D eigenvalue weighted by atomic mass is 9.92. The predicted octanol–water partition coefficient (Wildman–Crippen LogP) is 5.00. The van der Waals surface area contributed by atoms with E-state index in [0.29, 0.717) is 6.04 Å². The number of hydrogen-bond acceptors (Lipinski definition) is 3. The summed E-state index contributed by atoms with van der Waals surface area (Å²) >= 11 is 5.96. The summed E-state index contributed by atoms with van der Waals surface area (Å²) in [6.45, 7) is 2.97. The molecule has 0 radical (unpaired) electrons. The van der Waals surface area contributed by atoms with E-state index in [2.05, 4.69) is 40.6 Å². The third kappa shape index (κ3) is 3.87. The Bertz CT molecular complexity index is 875. The summed E-state index contributed by atoms with van der Waals surface area (Å²) in [5.41, 5.74) is 3.48. The number of aryl methyl sites for hydroxylation is 1. The highest BCUT2D eigenvalue weighted by Gasteiger charge is 2.23. The highest BCUT2D eigenvalue weighted by molar-refractivity contribution is 6.30. The fourth-order valence-electron chi connectivity index (χ4n) is 3.75. The second-order valence-corrected chi connectivity index (χ2v) is 7.57. The molecule has 0 unspecified atom stereocenters. The van der Waals surface area contributed by atoms with Crippen LogP contribution in [0.1, 0.15) is 36.8 Å². The van der Waals surface area contributed by atoms with Crippen molar-refractivity contribution in [3.63, 3.8) is 0 Å². The summed E-state index contributed by atoms with van der Waals surface area (Å²) in [5.74, 6) is 0.974. The van der Waals surface area contributed by atoms with E-state index in [1.165, 1.54) is 18.4 Å². The van der Waals surface area contributed by atoms with Gasteiger partial charge in [0.1, 0.15) is 11.9 Å². The standard InChI is InChI=1S/C21H24ClN3O/c1-14-19-13-24-25-20(19)9-10-21(14)26-18-4-2-3-17(11-18)23-12-15-5-7-16(22)8-6-15/h5-10,13,17-18,23H,2-4,11-12H2,1H3,(H,24,25)/t17-,18+/m1/s1. The van der Waals surface area contributed by atoms with Crippen molar-refractivity contribution >= 4 is 22.5 Å². The minimum Gasteiger partial charge on any atom is -0.490 e. The Morgan fingerprint density at radius 3 is 2.88 bits per heavy atom. The van der Waals surface area contributed by atoms with Gasteiger partial charge in [0, 0.05) is 28.6 Å². The van der Waals surface area contributed by atoms with Gasteiger partial charge >= 0.3 is 0 Å². The molecule has 2 aromatic carbocycles. The molecular weight excluding hydrogens is 346 g/mol. The first-order valence-corrected chi connectivity index (χ1v) is 9.64. The quantitative estimate of drug-likeness (QED) is 0.665.